The van der Waals surface area contributed by atoms with Crippen LogP contribution in [0.1, 0.15) is 44.6 Å². The molecule has 0 aliphatic heterocycles. The maximum absolute atomic E-state index is 12.3. The number of amides is 1. The zero-order chi connectivity index (χ0) is 17.6. The van der Waals surface area contributed by atoms with Crippen molar-refractivity contribution in [2.45, 2.75) is 56.2 Å². The summed E-state index contributed by atoms with van der Waals surface area (Å²) in [5.74, 6) is -1.11. The van der Waals surface area contributed by atoms with Crippen LogP contribution in [0.2, 0.25) is 0 Å². The van der Waals surface area contributed by atoms with Gasteiger partial charge < -0.3 is 5.32 Å². The number of rotatable bonds is 7. The lowest BCUT2D eigenvalue weighted by Crippen LogP contribution is -2.48. The molecule has 1 fully saturated rings. The van der Waals surface area contributed by atoms with Crippen molar-refractivity contribution in [1.29, 1.82) is 5.26 Å². The number of aryl methyl sites for hydroxylation is 1. The Labute approximate surface area is 144 Å². The Morgan fingerprint density at radius 1 is 1.29 bits per heavy atom. The highest BCUT2D eigenvalue weighted by Crippen LogP contribution is 2.25. The van der Waals surface area contributed by atoms with Crippen LogP contribution in [0, 0.1) is 11.3 Å². The molecule has 1 aliphatic rings. The first-order valence-corrected chi connectivity index (χ1v) is 10.0. The second-order valence-electron chi connectivity index (χ2n) is 6.69. The lowest BCUT2D eigenvalue weighted by Gasteiger charge is -2.23. The quantitative estimate of drug-likeness (QED) is 0.819. The van der Waals surface area contributed by atoms with E-state index in [0.29, 0.717) is 25.7 Å². The maximum atomic E-state index is 12.3. The molecule has 1 aliphatic carbocycles. The molecule has 1 saturated carbocycles. The molecule has 5 nitrogen and oxygen atoms in total. The first-order chi connectivity index (χ1) is 11.3. The lowest BCUT2D eigenvalue weighted by atomic mass is 9.94. The maximum Gasteiger partial charge on any atom is 0.236 e. The van der Waals surface area contributed by atoms with Gasteiger partial charge in [-0.3, -0.25) is 4.79 Å². The van der Waals surface area contributed by atoms with Gasteiger partial charge in [-0.25, -0.2) is 8.42 Å². The summed E-state index contributed by atoms with van der Waals surface area (Å²) >= 11 is 0. The molecule has 0 bridgehead atoms. The Hall–Kier alpha value is -1.87. The number of nitriles is 1. The average Bonchev–Trinajstić information content (AvgIpc) is 3.09. The molecule has 0 unspecified atom stereocenters. The van der Waals surface area contributed by atoms with Gasteiger partial charge in [-0.1, -0.05) is 43.2 Å². The molecule has 1 atom stereocenters. The van der Waals surface area contributed by atoms with Gasteiger partial charge in [-0.15, -0.1) is 0 Å². The van der Waals surface area contributed by atoms with E-state index in [-0.39, 0.29) is 0 Å². The fraction of sp³-hybridized carbons (Fsp3) is 0.556. The molecule has 1 aromatic rings. The molecule has 1 amide bonds. The van der Waals surface area contributed by atoms with Crippen molar-refractivity contribution in [3.8, 4) is 6.07 Å². The summed E-state index contributed by atoms with van der Waals surface area (Å²) in [5, 5.41) is 11.6. The minimum absolute atomic E-state index is 0.402. The van der Waals surface area contributed by atoms with Crippen LogP contribution in [-0.2, 0) is 21.1 Å². The smallest absolute Gasteiger partial charge is 0.236 e. The van der Waals surface area contributed by atoms with E-state index in [1.165, 1.54) is 0 Å². The van der Waals surface area contributed by atoms with Crippen LogP contribution in [0.4, 0.5) is 0 Å². The van der Waals surface area contributed by atoms with Crippen LogP contribution in [0.15, 0.2) is 30.3 Å². The molecule has 0 radical (unpaired) electrons. The fourth-order valence-corrected chi connectivity index (χ4v) is 4.80. The van der Waals surface area contributed by atoms with Gasteiger partial charge in [0.1, 0.15) is 11.3 Å². The van der Waals surface area contributed by atoms with E-state index in [4.69, 9.17) is 0 Å². The Morgan fingerprint density at radius 3 is 2.50 bits per heavy atom. The van der Waals surface area contributed by atoms with Gasteiger partial charge in [0.05, 0.1) is 11.3 Å². The normalized spacial score (nSPS) is 17.8. The highest BCUT2D eigenvalue weighted by atomic mass is 32.2. The predicted molar refractivity (Wildman–Crippen MR) is 93.0 cm³/mol. The van der Waals surface area contributed by atoms with Gasteiger partial charge in [-0.05, 0) is 38.2 Å². The molecule has 1 N–H and O–H groups in total. The van der Waals surface area contributed by atoms with E-state index < -0.39 is 32.3 Å². The molecule has 1 aromatic carbocycles. The second kappa shape index (κ2) is 7.80. The monoisotopic (exact) mass is 348 g/mol. The molecular formula is C18H24N2O3S. The first kappa shape index (κ1) is 18.5. The van der Waals surface area contributed by atoms with Gasteiger partial charge in [0.2, 0.25) is 5.91 Å². The van der Waals surface area contributed by atoms with Crippen molar-refractivity contribution >= 4 is 15.7 Å². The van der Waals surface area contributed by atoms with Gasteiger partial charge in [-0.2, -0.15) is 5.26 Å². The summed E-state index contributed by atoms with van der Waals surface area (Å²) in [6, 6.07) is 11.8. The van der Waals surface area contributed by atoms with Crippen molar-refractivity contribution < 1.29 is 13.2 Å². The molecule has 2 rings (SSSR count). The number of benzene rings is 1. The van der Waals surface area contributed by atoms with Crippen molar-refractivity contribution in [3.05, 3.63) is 35.9 Å². The number of nitrogens with zero attached hydrogens (tertiary/aromatic N) is 1. The Balaban J connectivity index is 1.93. The summed E-state index contributed by atoms with van der Waals surface area (Å²) < 4.78 is 24.5. The molecule has 6 heteroatoms. The molecular weight excluding hydrogens is 324 g/mol. The van der Waals surface area contributed by atoms with Crippen LogP contribution >= 0.6 is 0 Å². The molecule has 0 spiro atoms. The van der Waals surface area contributed by atoms with Gasteiger partial charge in [0.15, 0.2) is 9.84 Å². The summed E-state index contributed by atoms with van der Waals surface area (Å²) in [7, 11) is -3.43. The molecule has 24 heavy (non-hydrogen) atoms. The average molecular weight is 348 g/mol. The van der Waals surface area contributed by atoms with Crippen LogP contribution in [-0.4, -0.2) is 30.9 Å². The zero-order valence-electron chi connectivity index (χ0n) is 14.0. The number of hydrogen-bond acceptors (Lipinski definition) is 4. The molecule has 130 valence electrons. The standard InChI is InChI=1S/C18H24N2O3S/c1-18(14-19,12-11-15-7-3-2-4-8-15)20-17(21)13-24(22,23)16-9-5-6-10-16/h2-4,7-8,16H,5-6,9-13H2,1H3,(H,20,21)/t18-/m1/s1. The van der Waals surface area contributed by atoms with Crippen molar-refractivity contribution in [1.82, 2.24) is 5.32 Å². The van der Waals surface area contributed by atoms with Crippen LogP contribution in [0.25, 0.3) is 0 Å². The van der Waals surface area contributed by atoms with Crippen LogP contribution in [0.3, 0.4) is 0 Å². The molecule has 0 saturated heterocycles. The SMILES string of the molecule is C[C@](C#N)(CCc1ccccc1)NC(=O)CS(=O)(=O)C1CCCC1. The third-order valence-corrected chi connectivity index (χ3v) is 6.71. The highest BCUT2D eigenvalue weighted by molar-refractivity contribution is 7.92. The van der Waals surface area contributed by atoms with E-state index in [0.717, 1.165) is 18.4 Å². The van der Waals surface area contributed by atoms with Gasteiger partial charge >= 0.3 is 0 Å². The predicted octanol–water partition coefficient (Wildman–Crippen LogP) is 2.38. The van der Waals surface area contributed by atoms with E-state index in [1.807, 2.05) is 30.3 Å². The van der Waals surface area contributed by atoms with Gasteiger partial charge in [0.25, 0.3) is 0 Å². The van der Waals surface area contributed by atoms with Crippen LogP contribution < -0.4 is 5.32 Å². The van der Waals surface area contributed by atoms with E-state index >= 15 is 0 Å². The highest BCUT2D eigenvalue weighted by Gasteiger charge is 2.33. The Morgan fingerprint density at radius 2 is 1.92 bits per heavy atom. The van der Waals surface area contributed by atoms with Crippen molar-refractivity contribution in [2.24, 2.45) is 0 Å². The minimum Gasteiger partial charge on any atom is -0.337 e. The van der Waals surface area contributed by atoms with Crippen LogP contribution in [0.5, 0.6) is 0 Å². The molecule has 0 aromatic heterocycles. The van der Waals surface area contributed by atoms with Crippen molar-refractivity contribution in [3.63, 3.8) is 0 Å². The summed E-state index contributed by atoms with van der Waals surface area (Å²) in [4.78, 5) is 12.2. The first-order valence-electron chi connectivity index (χ1n) is 8.32. The third-order valence-electron chi connectivity index (χ3n) is 4.56. The molecule has 0 heterocycles. The fourth-order valence-electron chi connectivity index (χ4n) is 3.08. The topological polar surface area (TPSA) is 87.0 Å². The summed E-state index contributed by atoms with van der Waals surface area (Å²) in [6.45, 7) is 1.63. The summed E-state index contributed by atoms with van der Waals surface area (Å²) in [5.41, 5.74) is 0.00443. The number of hydrogen-bond donors (Lipinski definition) is 1. The van der Waals surface area contributed by atoms with E-state index in [9.17, 15) is 18.5 Å². The van der Waals surface area contributed by atoms with Gasteiger partial charge in [0, 0.05) is 0 Å². The number of carbonyl (C=O) groups is 1. The number of carbonyl (C=O) groups excluding carboxylic acids is 1. The Kier molecular flexibility index (Phi) is 6.00. The van der Waals surface area contributed by atoms with E-state index in [1.54, 1.807) is 6.92 Å². The second-order valence-corrected chi connectivity index (χ2v) is 8.97. The zero-order valence-corrected chi connectivity index (χ0v) is 14.8. The Bertz CT molecular complexity index is 704. The summed E-state index contributed by atoms with van der Waals surface area (Å²) in [6.07, 6.45) is 4.15. The largest absolute Gasteiger partial charge is 0.337 e. The third kappa shape index (κ3) is 5.07. The lowest BCUT2D eigenvalue weighted by molar-refractivity contribution is -0.119. The van der Waals surface area contributed by atoms with E-state index in [2.05, 4.69) is 11.4 Å². The number of nitrogens with one attached hydrogen (secondary N) is 1. The minimum atomic E-state index is -3.43. The van der Waals surface area contributed by atoms with Crippen molar-refractivity contribution in [2.75, 3.05) is 5.75 Å². The number of sulfone groups is 1.